The Morgan fingerprint density at radius 2 is 0.860 bits per heavy atom. The Kier molecular flexibility index (Phi) is 6.34. The van der Waals surface area contributed by atoms with Crippen LogP contribution in [0.15, 0.2) is 125 Å². The molecule has 0 saturated carbocycles. The van der Waals surface area contributed by atoms with Gasteiger partial charge in [-0.25, -0.2) is 29.9 Å². The molecule has 9 nitrogen and oxygen atoms in total. The number of anilines is 1. The van der Waals surface area contributed by atoms with E-state index in [9.17, 15) is 0 Å². The van der Waals surface area contributed by atoms with Crippen LogP contribution in [0, 0.1) is 0 Å². The molecular formula is C40H27N9S. The zero-order valence-electron chi connectivity index (χ0n) is 27.0. The Labute approximate surface area is 290 Å². The minimum atomic E-state index is 0.581. The lowest BCUT2D eigenvalue weighted by molar-refractivity contribution is 1.12. The van der Waals surface area contributed by atoms with E-state index in [0.29, 0.717) is 45.9 Å². The SMILES string of the molecule is CN(C)c1cccc(Sc2ccc3c4nc5nc(nc6[nH]c(nc7nc(nc([nH]4)c3c2)-c2ccccc2-7)c2ccccc62)-c2ccccc2-5)c1. The van der Waals surface area contributed by atoms with E-state index in [1.165, 1.54) is 0 Å². The van der Waals surface area contributed by atoms with Crippen LogP contribution in [0.5, 0.6) is 0 Å². The molecule has 5 aromatic carbocycles. The highest BCUT2D eigenvalue weighted by molar-refractivity contribution is 7.99. The van der Waals surface area contributed by atoms with Crippen molar-refractivity contribution in [3.05, 3.63) is 115 Å². The standard InChI is InChI=1S/C40H27N9S/c1-49(2)22-10-9-11-23(20-22)50-24-18-19-31-32(21-24)40-47-38-30-17-8-7-16-29(30)36(45-38)43-34-26-13-4-3-12-25(26)33(41-34)42-35-27-14-5-6-15-28(27)37(44-35)46-39(31)48-40/h3-21H,1-2H3,(H2,41,42,43,44,45,46,47,48). The molecule has 0 fully saturated rings. The first-order chi connectivity index (χ1) is 24.6. The van der Waals surface area contributed by atoms with Crippen LogP contribution in [0.1, 0.15) is 0 Å². The van der Waals surface area contributed by atoms with Crippen molar-refractivity contribution in [1.29, 1.82) is 0 Å². The average molecular weight is 666 g/mol. The van der Waals surface area contributed by atoms with Crippen molar-refractivity contribution in [2.24, 2.45) is 0 Å². The van der Waals surface area contributed by atoms with E-state index in [4.69, 9.17) is 29.9 Å². The van der Waals surface area contributed by atoms with Gasteiger partial charge in [0.15, 0.2) is 23.3 Å². The van der Waals surface area contributed by atoms with Crippen molar-refractivity contribution >= 4 is 61.6 Å². The first-order valence-corrected chi connectivity index (χ1v) is 17.1. The number of aromatic nitrogens is 8. The molecule has 0 saturated heterocycles. The topological polar surface area (TPSA) is 112 Å². The van der Waals surface area contributed by atoms with Crippen LogP contribution in [0.4, 0.5) is 5.69 Å². The van der Waals surface area contributed by atoms with E-state index in [0.717, 1.165) is 59.3 Å². The summed E-state index contributed by atoms with van der Waals surface area (Å²) in [5, 5.41) is 3.77. The molecule has 238 valence electrons. The molecule has 3 aromatic heterocycles. The summed E-state index contributed by atoms with van der Waals surface area (Å²) in [5.41, 5.74) is 7.50. The first-order valence-electron chi connectivity index (χ1n) is 16.3. The molecule has 2 N–H and O–H groups in total. The predicted molar refractivity (Wildman–Crippen MR) is 201 cm³/mol. The van der Waals surface area contributed by atoms with Gasteiger partial charge in [-0.05, 0) is 36.4 Å². The number of hydrogen-bond donors (Lipinski definition) is 2. The van der Waals surface area contributed by atoms with E-state index >= 15 is 0 Å². The number of fused-ring (bicyclic) bond motifs is 20. The maximum Gasteiger partial charge on any atom is 0.164 e. The van der Waals surface area contributed by atoms with Gasteiger partial charge in [0.25, 0.3) is 0 Å². The van der Waals surface area contributed by atoms with Gasteiger partial charge in [-0.3, -0.25) is 0 Å². The molecule has 2 aliphatic heterocycles. The Bertz CT molecular complexity index is 2850. The number of nitrogens with zero attached hydrogens (tertiary/aromatic N) is 7. The highest BCUT2D eigenvalue weighted by Crippen LogP contribution is 2.38. The second-order valence-corrected chi connectivity index (χ2v) is 13.6. The van der Waals surface area contributed by atoms with Crippen molar-refractivity contribution < 1.29 is 0 Å². The summed E-state index contributed by atoms with van der Waals surface area (Å²) < 4.78 is 0. The fraction of sp³-hybridized carbons (Fsp3) is 0.0500. The number of aromatic amines is 2. The van der Waals surface area contributed by atoms with Gasteiger partial charge in [0.05, 0.1) is 0 Å². The minimum absolute atomic E-state index is 0.581. The highest BCUT2D eigenvalue weighted by Gasteiger charge is 2.22. The van der Waals surface area contributed by atoms with E-state index in [2.05, 4.69) is 71.4 Å². The monoisotopic (exact) mass is 665 g/mol. The maximum atomic E-state index is 5.18. The molecule has 10 heteroatoms. The van der Waals surface area contributed by atoms with E-state index < -0.39 is 0 Å². The molecule has 8 aromatic rings. The molecule has 10 rings (SSSR count). The molecule has 0 unspecified atom stereocenters. The average Bonchev–Trinajstić information content (AvgIpc) is 3.87. The van der Waals surface area contributed by atoms with Gasteiger partial charge >= 0.3 is 0 Å². The normalized spacial score (nSPS) is 11.9. The second-order valence-electron chi connectivity index (χ2n) is 12.4. The van der Waals surface area contributed by atoms with Crippen LogP contribution < -0.4 is 4.90 Å². The largest absolute Gasteiger partial charge is 0.378 e. The molecule has 0 aliphatic carbocycles. The van der Waals surface area contributed by atoms with Gasteiger partial charge in [-0.15, -0.1) is 0 Å². The molecule has 0 atom stereocenters. The number of rotatable bonds is 3. The van der Waals surface area contributed by atoms with E-state index in [1.807, 2.05) is 72.8 Å². The molecule has 50 heavy (non-hydrogen) atoms. The zero-order chi connectivity index (χ0) is 33.3. The van der Waals surface area contributed by atoms with Crippen LogP contribution in [0.2, 0.25) is 0 Å². The summed E-state index contributed by atoms with van der Waals surface area (Å²) in [6.07, 6.45) is 0. The van der Waals surface area contributed by atoms with Gasteiger partial charge in [0, 0.05) is 73.4 Å². The lowest BCUT2D eigenvalue weighted by Gasteiger charge is -2.13. The predicted octanol–water partition coefficient (Wildman–Crippen LogP) is 9.09. The molecule has 0 amide bonds. The third-order valence-electron chi connectivity index (χ3n) is 9.09. The molecule has 0 spiro atoms. The van der Waals surface area contributed by atoms with Crippen molar-refractivity contribution in [2.45, 2.75) is 9.79 Å². The fourth-order valence-corrected chi connectivity index (χ4v) is 7.56. The minimum Gasteiger partial charge on any atom is -0.378 e. The lowest BCUT2D eigenvalue weighted by atomic mass is 10.1. The van der Waals surface area contributed by atoms with Crippen molar-refractivity contribution in [3.8, 4) is 45.6 Å². The highest BCUT2D eigenvalue weighted by atomic mass is 32.2. The van der Waals surface area contributed by atoms with Crippen molar-refractivity contribution in [3.63, 3.8) is 0 Å². The van der Waals surface area contributed by atoms with Gasteiger partial charge in [-0.1, -0.05) is 90.6 Å². The first kappa shape index (κ1) is 28.6. The number of H-pyrrole nitrogens is 2. The third-order valence-corrected chi connectivity index (χ3v) is 10.1. The van der Waals surface area contributed by atoms with Gasteiger partial charge in [-0.2, -0.15) is 0 Å². The summed E-state index contributed by atoms with van der Waals surface area (Å²) in [7, 11) is 4.11. The van der Waals surface area contributed by atoms with Crippen LogP contribution in [-0.4, -0.2) is 54.0 Å². The molecule has 2 aliphatic rings. The van der Waals surface area contributed by atoms with Crippen molar-refractivity contribution in [1.82, 2.24) is 39.9 Å². The summed E-state index contributed by atoms with van der Waals surface area (Å²) in [6.45, 7) is 0. The number of hydrogen-bond acceptors (Lipinski definition) is 8. The Morgan fingerprint density at radius 1 is 0.420 bits per heavy atom. The Morgan fingerprint density at radius 3 is 1.36 bits per heavy atom. The lowest BCUT2D eigenvalue weighted by Crippen LogP contribution is -2.08. The smallest absolute Gasteiger partial charge is 0.164 e. The van der Waals surface area contributed by atoms with E-state index in [1.54, 1.807) is 11.8 Å². The van der Waals surface area contributed by atoms with Crippen LogP contribution in [0.25, 0.3) is 89.7 Å². The summed E-state index contributed by atoms with van der Waals surface area (Å²) in [5.74, 6) is 2.34. The molecule has 5 heterocycles. The zero-order valence-corrected chi connectivity index (χ0v) is 27.8. The Balaban J connectivity index is 1.29. The Hall–Kier alpha value is -6.39. The van der Waals surface area contributed by atoms with Gasteiger partial charge < -0.3 is 14.9 Å². The van der Waals surface area contributed by atoms with E-state index in [-0.39, 0.29) is 0 Å². The maximum absolute atomic E-state index is 5.18. The summed E-state index contributed by atoms with van der Waals surface area (Å²) in [4.78, 5) is 41.9. The summed E-state index contributed by atoms with van der Waals surface area (Å²) >= 11 is 1.71. The fourth-order valence-electron chi connectivity index (χ4n) is 6.65. The molecular weight excluding hydrogens is 639 g/mol. The number of benzene rings is 5. The molecule has 8 bridgehead atoms. The van der Waals surface area contributed by atoms with Crippen LogP contribution in [0.3, 0.4) is 0 Å². The van der Waals surface area contributed by atoms with Gasteiger partial charge in [0.2, 0.25) is 0 Å². The second kappa shape index (κ2) is 11.1. The van der Waals surface area contributed by atoms with Gasteiger partial charge in [0.1, 0.15) is 22.6 Å². The van der Waals surface area contributed by atoms with Crippen LogP contribution in [-0.2, 0) is 0 Å². The van der Waals surface area contributed by atoms with Crippen LogP contribution >= 0.6 is 11.8 Å². The molecule has 0 radical (unpaired) electrons. The third kappa shape index (κ3) is 4.64. The summed E-state index contributed by atoms with van der Waals surface area (Å²) in [6, 6.07) is 39.2. The number of nitrogens with one attached hydrogen (secondary N) is 2. The quantitative estimate of drug-likeness (QED) is 0.192. The van der Waals surface area contributed by atoms with Crippen molar-refractivity contribution in [2.75, 3.05) is 19.0 Å².